The highest BCUT2D eigenvalue weighted by atomic mass is 32.2. The number of hydrogen-bond acceptors (Lipinski definition) is 14. The van der Waals surface area contributed by atoms with Gasteiger partial charge in [-0.3, -0.25) is 5.43 Å². The van der Waals surface area contributed by atoms with E-state index in [1.807, 2.05) is 38.1 Å². The lowest BCUT2D eigenvalue weighted by molar-refractivity contribution is -0.631. The Labute approximate surface area is 377 Å². The summed E-state index contributed by atoms with van der Waals surface area (Å²) in [4.78, 5) is 10.7. The Morgan fingerprint density at radius 2 is 1.03 bits per heavy atom. The largest absolute Gasteiger partial charge is 0.744 e. The highest BCUT2D eigenvalue weighted by molar-refractivity contribution is 7.86. The third kappa shape index (κ3) is 11.4. The number of aryl methyl sites for hydroxylation is 4. The number of thiazole rings is 2. The van der Waals surface area contributed by atoms with Crippen LogP contribution < -0.4 is 20.0 Å². The highest BCUT2D eigenvalue weighted by Crippen LogP contribution is 2.21. The predicted octanol–water partition coefficient (Wildman–Crippen LogP) is 6.78. The fourth-order valence-corrected chi connectivity index (χ4v) is 8.69. The van der Waals surface area contributed by atoms with Crippen molar-refractivity contribution in [3.63, 3.8) is 0 Å². The third-order valence-corrected chi connectivity index (χ3v) is 13.1. The first-order chi connectivity index (χ1) is 30.6. The van der Waals surface area contributed by atoms with Crippen molar-refractivity contribution in [2.24, 2.45) is 24.3 Å². The molecular weight excluding hydrogens is 893 g/mol. The van der Waals surface area contributed by atoms with Crippen LogP contribution in [0.5, 0.6) is 0 Å². The summed E-state index contributed by atoms with van der Waals surface area (Å²) < 4.78 is 71.0. The van der Waals surface area contributed by atoms with E-state index < -0.39 is 20.2 Å². The zero-order valence-electron chi connectivity index (χ0n) is 34.7. The number of nitrogens with zero attached hydrogens (tertiary/aromatic N) is 8. The quantitative estimate of drug-likeness (QED) is 0.0637. The summed E-state index contributed by atoms with van der Waals surface area (Å²) >= 11 is 3.44. The van der Waals surface area contributed by atoms with Crippen LogP contribution in [0, 0.1) is 13.8 Å². The first kappa shape index (κ1) is 45.1. The first-order valence-corrected chi connectivity index (χ1v) is 23.8. The van der Waals surface area contributed by atoms with Crippen molar-refractivity contribution in [2.45, 2.75) is 23.6 Å². The fourth-order valence-electron chi connectivity index (χ4n) is 6.15. The van der Waals surface area contributed by atoms with Crippen LogP contribution in [0.3, 0.4) is 0 Å². The Morgan fingerprint density at radius 1 is 0.609 bits per heavy atom. The third-order valence-electron chi connectivity index (χ3n) is 9.51. The second-order valence-electron chi connectivity index (χ2n) is 14.1. The van der Waals surface area contributed by atoms with Gasteiger partial charge in [0.2, 0.25) is 5.95 Å². The van der Waals surface area contributed by atoms with Crippen molar-refractivity contribution in [3.05, 3.63) is 167 Å². The lowest BCUT2D eigenvalue weighted by atomic mass is 10.1. The van der Waals surface area contributed by atoms with Gasteiger partial charge in [0.1, 0.15) is 45.0 Å². The Balaban J connectivity index is 0.000000227. The lowest BCUT2D eigenvalue weighted by Crippen LogP contribution is -2.28. The van der Waals surface area contributed by atoms with Crippen LogP contribution >= 0.6 is 22.7 Å². The van der Waals surface area contributed by atoms with E-state index in [4.69, 9.17) is 0 Å². The second-order valence-corrected chi connectivity index (χ2v) is 18.6. The molecule has 326 valence electrons. The molecule has 0 unspecified atom stereocenters. The topological polar surface area (TPSA) is 206 Å². The lowest BCUT2D eigenvalue weighted by Gasteiger charge is -2.05. The summed E-state index contributed by atoms with van der Waals surface area (Å²) in [5.41, 5.74) is 14.3. The predicted molar refractivity (Wildman–Crippen MR) is 247 cm³/mol. The second kappa shape index (κ2) is 19.6. The zero-order chi connectivity index (χ0) is 45.4. The van der Waals surface area contributed by atoms with Gasteiger partial charge in [0.05, 0.1) is 36.3 Å². The van der Waals surface area contributed by atoms with Crippen molar-refractivity contribution in [1.82, 2.24) is 18.8 Å². The van der Waals surface area contributed by atoms with E-state index in [2.05, 4.69) is 123 Å². The molecule has 16 nitrogen and oxygen atoms in total. The maximum Gasteiger partial charge on any atom is 0.345 e. The number of nitrogens with one attached hydrogen (secondary N) is 2. The van der Waals surface area contributed by atoms with Gasteiger partial charge in [-0.25, -0.2) is 36.4 Å². The molecule has 5 aromatic heterocycles. The minimum absolute atomic E-state index is 0.178. The Hall–Kier alpha value is -6.94. The number of hydrogen-bond donors (Lipinski definition) is 2. The van der Waals surface area contributed by atoms with Crippen LogP contribution in [-0.4, -0.2) is 57.1 Å². The van der Waals surface area contributed by atoms with Gasteiger partial charge in [-0.05, 0) is 73.5 Å². The summed E-state index contributed by atoms with van der Waals surface area (Å²) in [6.07, 6.45) is 13.6. The van der Waals surface area contributed by atoms with Crippen molar-refractivity contribution in [3.8, 4) is 22.5 Å². The summed E-state index contributed by atoms with van der Waals surface area (Å²) in [5.74, 6) is 0.926. The Morgan fingerprint density at radius 3 is 1.44 bits per heavy atom. The molecule has 0 aliphatic carbocycles. The van der Waals surface area contributed by atoms with Crippen LogP contribution in [0.1, 0.15) is 22.3 Å². The Kier molecular flexibility index (Phi) is 13.8. The zero-order valence-corrected chi connectivity index (χ0v) is 37.9. The number of imidazole rings is 2. The first-order valence-electron chi connectivity index (χ1n) is 19.2. The van der Waals surface area contributed by atoms with Crippen LogP contribution in [0.2, 0.25) is 0 Å². The van der Waals surface area contributed by atoms with Crippen molar-refractivity contribution in [2.75, 3.05) is 10.9 Å². The molecule has 0 spiro atoms. The van der Waals surface area contributed by atoms with E-state index in [0.29, 0.717) is 11.8 Å². The number of aromatic nitrogens is 6. The van der Waals surface area contributed by atoms with Gasteiger partial charge in [0.25, 0.3) is 0 Å². The maximum absolute atomic E-state index is 10.4. The van der Waals surface area contributed by atoms with Gasteiger partial charge in [-0.2, -0.15) is 24.0 Å². The molecule has 0 saturated carbocycles. The molecule has 0 saturated heterocycles. The van der Waals surface area contributed by atoms with Crippen molar-refractivity contribution in [1.29, 1.82) is 0 Å². The smallest absolute Gasteiger partial charge is 0.345 e. The van der Waals surface area contributed by atoms with Gasteiger partial charge >= 0.3 is 9.92 Å². The molecule has 0 amide bonds. The molecule has 20 heteroatoms. The number of fused-ring (bicyclic) bond motifs is 2. The number of hydrazone groups is 2. The van der Waals surface area contributed by atoms with Gasteiger partial charge in [-0.15, -0.1) is 0 Å². The minimum atomic E-state index is -4.27. The molecular formula is C44H40N10O6S4. The molecule has 0 atom stereocenters. The molecule has 5 heterocycles. The molecule has 2 N–H and O–H groups in total. The number of benzene rings is 4. The molecule has 0 fully saturated rings. The SMILES string of the molecule is C[n+]1c(-c2ccc(/C=N\Nc3ccnc(N/N=C/c4ccc(-c5cn6ccsc6[n+]5C)cc4)n3)cc2)cn2ccsc21.Cc1ccc(S(=O)(=O)[O-])cc1.Cc1ccc(S(=O)(=O)[O-])cc1. The fraction of sp³-hybridized carbons (Fsp3) is 0.0909. The molecule has 64 heavy (non-hydrogen) atoms. The summed E-state index contributed by atoms with van der Waals surface area (Å²) in [5, 5.41) is 12.8. The van der Waals surface area contributed by atoms with E-state index in [0.717, 1.165) is 44.8 Å². The van der Waals surface area contributed by atoms with E-state index >= 15 is 0 Å². The number of rotatable bonds is 10. The molecule has 0 aliphatic heterocycles. The van der Waals surface area contributed by atoms with E-state index in [9.17, 15) is 25.9 Å². The molecule has 4 aromatic carbocycles. The van der Waals surface area contributed by atoms with Crippen LogP contribution in [0.15, 0.2) is 165 Å². The van der Waals surface area contributed by atoms with Crippen LogP contribution in [0.4, 0.5) is 11.8 Å². The van der Waals surface area contributed by atoms with Crippen LogP contribution in [-0.2, 0) is 34.3 Å². The van der Waals surface area contributed by atoms with Crippen LogP contribution in [0.25, 0.3) is 32.4 Å². The Bertz CT molecular complexity index is 3090. The van der Waals surface area contributed by atoms with Gasteiger partial charge < -0.3 is 9.11 Å². The number of anilines is 2. The highest BCUT2D eigenvalue weighted by Gasteiger charge is 2.18. The molecule has 0 bridgehead atoms. The van der Waals surface area contributed by atoms with Gasteiger partial charge in [-0.1, -0.05) is 82.3 Å². The average molecular weight is 933 g/mol. The summed E-state index contributed by atoms with van der Waals surface area (Å²) in [6, 6.07) is 29.9. The van der Waals surface area contributed by atoms with Gasteiger partial charge in [0.15, 0.2) is 17.2 Å². The molecule has 0 radical (unpaired) electrons. The van der Waals surface area contributed by atoms with Crippen molar-refractivity contribution >= 4 is 77.0 Å². The molecule has 0 aliphatic rings. The summed E-state index contributed by atoms with van der Waals surface area (Å²) in [7, 11) is -4.37. The normalized spacial score (nSPS) is 11.7. The van der Waals surface area contributed by atoms with E-state index in [1.54, 1.807) is 71.6 Å². The molecule has 9 aromatic rings. The summed E-state index contributed by atoms with van der Waals surface area (Å²) in [6.45, 7) is 3.64. The maximum atomic E-state index is 10.4. The van der Waals surface area contributed by atoms with E-state index in [1.165, 1.54) is 34.2 Å². The average Bonchev–Trinajstić information content (AvgIpc) is 4.07. The van der Waals surface area contributed by atoms with Gasteiger partial charge in [0, 0.05) is 34.2 Å². The monoisotopic (exact) mass is 932 g/mol. The molecule has 9 rings (SSSR count). The van der Waals surface area contributed by atoms with E-state index in [-0.39, 0.29) is 9.79 Å². The minimum Gasteiger partial charge on any atom is -0.744 e. The standard InChI is InChI=1S/C30H26N10S2.2C7H8O3S/c1-37-25(19-39-13-15-41-29(37)39)23-7-3-21(4-8-23)17-32-35-27-11-12-31-28(34-27)36-33-18-22-5-9-24(10-6-22)26-20-40-14-16-42-30(40)38(26)2;2*1-6-2-4-7(5-3-6)11(8,9)10/h3-20H,1-2H3,(H2,31,34,35,36);2*2-5H,1H3,(H,8,9,10)/q+2;;/p-2/b32-17-,33-18+;;. The van der Waals surface area contributed by atoms with Crippen molar-refractivity contribution < 1.29 is 35.1 Å².